The summed E-state index contributed by atoms with van der Waals surface area (Å²) in [6.45, 7) is 4.25. The van der Waals surface area contributed by atoms with E-state index in [-0.39, 0.29) is 0 Å². The summed E-state index contributed by atoms with van der Waals surface area (Å²) in [4.78, 5) is 0. The molecule has 2 rings (SSSR count). The highest BCUT2D eigenvalue weighted by molar-refractivity contribution is 5.58. The van der Waals surface area contributed by atoms with Gasteiger partial charge in [-0.15, -0.1) is 0 Å². The smallest absolute Gasteiger partial charge is 0.0571 e. The van der Waals surface area contributed by atoms with Crippen LogP contribution in [0.3, 0.4) is 0 Å². The lowest BCUT2D eigenvalue weighted by molar-refractivity contribution is 1.13. The average Bonchev–Trinajstić information content (AvgIpc) is 2.38. The van der Waals surface area contributed by atoms with E-state index in [1.807, 2.05) is 18.2 Å². The zero-order valence-corrected chi connectivity index (χ0v) is 10.3. The molecule has 2 N–H and O–H groups in total. The molecule has 2 aromatic rings. The van der Waals surface area contributed by atoms with Crippen LogP contribution in [0.15, 0.2) is 48.5 Å². The van der Waals surface area contributed by atoms with Gasteiger partial charge in [0, 0.05) is 0 Å². The minimum absolute atomic E-state index is 1.03. The highest BCUT2D eigenvalue weighted by atomic mass is 15.4. The predicted octanol–water partition coefficient (Wildman–Crippen LogP) is 4.00. The minimum Gasteiger partial charge on any atom is -0.301 e. The van der Waals surface area contributed by atoms with Gasteiger partial charge in [-0.1, -0.05) is 43.3 Å². The quantitative estimate of drug-likeness (QED) is 0.770. The number of hydrazine groups is 1. The van der Waals surface area contributed by atoms with Crippen LogP contribution in [0, 0.1) is 6.92 Å². The van der Waals surface area contributed by atoms with Gasteiger partial charge in [0.2, 0.25) is 0 Å². The number of hydrogen-bond acceptors (Lipinski definition) is 2. The van der Waals surface area contributed by atoms with Gasteiger partial charge in [0.15, 0.2) is 0 Å². The molecule has 17 heavy (non-hydrogen) atoms. The van der Waals surface area contributed by atoms with Gasteiger partial charge < -0.3 is 10.9 Å². The SMILES string of the molecule is CCc1ccccc1NNc1ccccc1C. The maximum Gasteiger partial charge on any atom is 0.0571 e. The van der Waals surface area contributed by atoms with E-state index >= 15 is 0 Å². The fourth-order valence-electron chi connectivity index (χ4n) is 1.80. The Morgan fingerprint density at radius 1 is 0.824 bits per heavy atom. The van der Waals surface area contributed by atoms with Gasteiger partial charge in [0.25, 0.3) is 0 Å². The van der Waals surface area contributed by atoms with Gasteiger partial charge in [0.05, 0.1) is 11.4 Å². The standard InChI is InChI=1S/C15H18N2/c1-3-13-9-5-7-11-15(13)17-16-14-10-6-4-8-12(14)2/h4-11,16-17H,3H2,1-2H3. The molecule has 0 unspecified atom stereocenters. The summed E-state index contributed by atoms with van der Waals surface area (Å²) in [5, 5.41) is 0. The molecule has 0 saturated carbocycles. The lowest BCUT2D eigenvalue weighted by atomic mass is 10.1. The Labute approximate surface area is 103 Å². The second kappa shape index (κ2) is 5.39. The number of anilines is 2. The Hall–Kier alpha value is -1.96. The molecule has 0 spiro atoms. The lowest BCUT2D eigenvalue weighted by Crippen LogP contribution is -2.11. The molecule has 2 nitrogen and oxygen atoms in total. The topological polar surface area (TPSA) is 24.1 Å². The first-order valence-electron chi connectivity index (χ1n) is 5.97. The Kier molecular flexibility index (Phi) is 3.66. The number of aryl methyl sites for hydroxylation is 2. The van der Waals surface area contributed by atoms with Crippen molar-refractivity contribution in [1.82, 2.24) is 0 Å². The van der Waals surface area contributed by atoms with Crippen LogP contribution in [0.4, 0.5) is 11.4 Å². The maximum atomic E-state index is 3.27. The Morgan fingerprint density at radius 3 is 2.12 bits per heavy atom. The third-order valence-electron chi connectivity index (χ3n) is 2.88. The number of para-hydroxylation sites is 2. The first kappa shape index (κ1) is 11.5. The fourth-order valence-corrected chi connectivity index (χ4v) is 1.80. The third kappa shape index (κ3) is 2.78. The summed E-state index contributed by atoms with van der Waals surface area (Å²) < 4.78 is 0. The molecule has 0 fully saturated rings. The highest BCUT2D eigenvalue weighted by Gasteiger charge is 1.99. The van der Waals surface area contributed by atoms with Gasteiger partial charge >= 0.3 is 0 Å². The maximum absolute atomic E-state index is 3.27. The van der Waals surface area contributed by atoms with Crippen LogP contribution in [0.2, 0.25) is 0 Å². The van der Waals surface area contributed by atoms with Gasteiger partial charge in [-0.05, 0) is 36.6 Å². The lowest BCUT2D eigenvalue weighted by Gasteiger charge is -2.14. The number of hydrogen-bond donors (Lipinski definition) is 2. The van der Waals surface area contributed by atoms with E-state index in [0.717, 1.165) is 17.8 Å². The normalized spacial score (nSPS) is 10.0. The predicted molar refractivity (Wildman–Crippen MR) is 74.2 cm³/mol. The molecule has 0 bridgehead atoms. The van der Waals surface area contributed by atoms with E-state index in [2.05, 4.69) is 55.0 Å². The third-order valence-corrected chi connectivity index (χ3v) is 2.88. The second-order valence-corrected chi connectivity index (χ2v) is 4.08. The van der Waals surface area contributed by atoms with Gasteiger partial charge in [-0.2, -0.15) is 0 Å². The van der Waals surface area contributed by atoms with Gasteiger partial charge in [0.1, 0.15) is 0 Å². The average molecular weight is 226 g/mol. The molecule has 88 valence electrons. The molecular weight excluding hydrogens is 208 g/mol. The number of rotatable bonds is 4. The number of benzene rings is 2. The molecule has 0 aliphatic rings. The zero-order valence-electron chi connectivity index (χ0n) is 10.3. The van der Waals surface area contributed by atoms with E-state index < -0.39 is 0 Å². The van der Waals surface area contributed by atoms with E-state index in [0.29, 0.717) is 0 Å². The van der Waals surface area contributed by atoms with Crippen LogP contribution in [0.1, 0.15) is 18.1 Å². The molecule has 0 aliphatic heterocycles. The molecule has 0 atom stereocenters. The van der Waals surface area contributed by atoms with Crippen molar-refractivity contribution in [3.05, 3.63) is 59.7 Å². The van der Waals surface area contributed by atoms with Gasteiger partial charge in [-0.3, -0.25) is 0 Å². The summed E-state index contributed by atoms with van der Waals surface area (Å²) in [7, 11) is 0. The molecule has 0 radical (unpaired) electrons. The molecule has 0 amide bonds. The second-order valence-electron chi connectivity index (χ2n) is 4.08. The summed E-state index contributed by atoms with van der Waals surface area (Å²) >= 11 is 0. The van der Waals surface area contributed by atoms with Crippen molar-refractivity contribution < 1.29 is 0 Å². The van der Waals surface area contributed by atoms with Crippen LogP contribution >= 0.6 is 0 Å². The molecule has 2 heteroatoms. The van der Waals surface area contributed by atoms with E-state index in [9.17, 15) is 0 Å². The van der Waals surface area contributed by atoms with Crippen molar-refractivity contribution in [3.63, 3.8) is 0 Å². The van der Waals surface area contributed by atoms with Crippen molar-refractivity contribution in [3.8, 4) is 0 Å². The summed E-state index contributed by atoms with van der Waals surface area (Å²) in [5.41, 5.74) is 11.3. The van der Waals surface area contributed by atoms with Crippen molar-refractivity contribution in [2.24, 2.45) is 0 Å². The van der Waals surface area contributed by atoms with Gasteiger partial charge in [-0.25, -0.2) is 0 Å². The van der Waals surface area contributed by atoms with Crippen molar-refractivity contribution in [1.29, 1.82) is 0 Å². The van der Waals surface area contributed by atoms with E-state index in [4.69, 9.17) is 0 Å². The molecule has 0 aromatic heterocycles. The van der Waals surface area contributed by atoms with Crippen LogP contribution < -0.4 is 10.9 Å². The summed E-state index contributed by atoms with van der Waals surface area (Å²) in [6.07, 6.45) is 1.03. The van der Waals surface area contributed by atoms with E-state index in [1.54, 1.807) is 0 Å². The van der Waals surface area contributed by atoms with Crippen molar-refractivity contribution in [2.45, 2.75) is 20.3 Å². The highest BCUT2D eigenvalue weighted by Crippen LogP contribution is 2.18. The Morgan fingerprint density at radius 2 is 1.41 bits per heavy atom. The van der Waals surface area contributed by atoms with E-state index in [1.165, 1.54) is 11.1 Å². The largest absolute Gasteiger partial charge is 0.301 e. The molecular formula is C15H18N2. The summed E-state index contributed by atoms with van der Waals surface area (Å²) in [5.74, 6) is 0. The Bertz CT molecular complexity index is 492. The van der Waals surface area contributed by atoms with Crippen LogP contribution in [0.25, 0.3) is 0 Å². The molecule has 2 aromatic carbocycles. The van der Waals surface area contributed by atoms with Crippen LogP contribution in [0.5, 0.6) is 0 Å². The van der Waals surface area contributed by atoms with Crippen LogP contribution in [-0.2, 0) is 6.42 Å². The van der Waals surface area contributed by atoms with Crippen LogP contribution in [-0.4, -0.2) is 0 Å². The first-order valence-corrected chi connectivity index (χ1v) is 5.97. The summed E-state index contributed by atoms with van der Waals surface area (Å²) in [6, 6.07) is 16.6. The number of nitrogens with one attached hydrogen (secondary N) is 2. The van der Waals surface area contributed by atoms with Crippen molar-refractivity contribution >= 4 is 11.4 Å². The van der Waals surface area contributed by atoms with Crippen molar-refractivity contribution in [2.75, 3.05) is 10.9 Å². The zero-order chi connectivity index (χ0) is 12.1. The molecule has 0 saturated heterocycles. The molecule has 0 aliphatic carbocycles. The Balaban J connectivity index is 2.10. The fraction of sp³-hybridized carbons (Fsp3) is 0.200. The molecule has 0 heterocycles. The monoisotopic (exact) mass is 226 g/mol. The minimum atomic E-state index is 1.03. The first-order chi connectivity index (χ1) is 8.31.